The van der Waals surface area contributed by atoms with Crippen molar-refractivity contribution < 1.29 is 24.0 Å². The average molecular weight is 524 g/mol. The van der Waals surface area contributed by atoms with E-state index >= 15 is 0 Å². The van der Waals surface area contributed by atoms with E-state index in [1.54, 1.807) is 25.1 Å². The van der Waals surface area contributed by atoms with Crippen molar-refractivity contribution in [3.05, 3.63) is 62.1 Å². The monoisotopic (exact) mass is 523 g/mol. The summed E-state index contributed by atoms with van der Waals surface area (Å²) in [5.41, 5.74) is 0.481. The molecular formula is C24H27Cl2N3O6. The normalized spacial score (nSPS) is 14.3. The highest BCUT2D eigenvalue weighted by atomic mass is 35.5. The summed E-state index contributed by atoms with van der Waals surface area (Å²) in [4.78, 5) is 38.1. The number of ether oxygens (including phenoxy) is 2. The second kappa shape index (κ2) is 12.1. The van der Waals surface area contributed by atoms with Gasteiger partial charge < -0.3 is 19.7 Å². The van der Waals surface area contributed by atoms with Gasteiger partial charge in [0.1, 0.15) is 11.8 Å². The number of hydrogen-bond donors (Lipinski definition) is 1. The Morgan fingerprint density at radius 3 is 2.51 bits per heavy atom. The number of nitro benzene ring substituents is 1. The number of rotatable bonds is 10. The van der Waals surface area contributed by atoms with E-state index in [0.29, 0.717) is 15.6 Å². The highest BCUT2D eigenvalue weighted by molar-refractivity contribution is 6.42. The molecular weight excluding hydrogens is 497 g/mol. The number of benzene rings is 2. The number of halogens is 2. The Labute approximate surface area is 213 Å². The van der Waals surface area contributed by atoms with Crippen LogP contribution in [0.2, 0.25) is 10.0 Å². The number of methoxy groups -OCH3 is 1. The van der Waals surface area contributed by atoms with Crippen LogP contribution in [0.1, 0.15) is 38.2 Å². The first-order valence-corrected chi connectivity index (χ1v) is 11.9. The fourth-order valence-electron chi connectivity index (χ4n) is 3.94. The van der Waals surface area contributed by atoms with E-state index in [4.69, 9.17) is 32.7 Å². The minimum atomic E-state index is -0.771. The maximum absolute atomic E-state index is 13.2. The maximum atomic E-state index is 13.2. The Bertz CT molecular complexity index is 1090. The predicted octanol–water partition coefficient (Wildman–Crippen LogP) is 4.77. The molecule has 1 saturated carbocycles. The number of carbonyl (C=O) groups excluding carboxylic acids is 2. The van der Waals surface area contributed by atoms with Gasteiger partial charge in [-0.2, -0.15) is 0 Å². The number of hydrogen-bond acceptors (Lipinski definition) is 6. The lowest BCUT2D eigenvalue weighted by molar-refractivity contribution is -0.385. The molecule has 0 unspecified atom stereocenters. The van der Waals surface area contributed by atoms with Crippen molar-refractivity contribution in [1.82, 2.24) is 10.2 Å². The Kier molecular flexibility index (Phi) is 9.17. The van der Waals surface area contributed by atoms with Gasteiger partial charge in [0.2, 0.25) is 11.7 Å². The van der Waals surface area contributed by atoms with Crippen molar-refractivity contribution in [2.45, 2.75) is 51.2 Å². The molecule has 0 saturated heterocycles. The van der Waals surface area contributed by atoms with Crippen LogP contribution in [-0.4, -0.2) is 47.4 Å². The van der Waals surface area contributed by atoms with Gasteiger partial charge in [-0.3, -0.25) is 19.7 Å². The van der Waals surface area contributed by atoms with Gasteiger partial charge in [0.15, 0.2) is 6.61 Å². The molecule has 0 bridgehead atoms. The van der Waals surface area contributed by atoms with Crippen molar-refractivity contribution in [1.29, 1.82) is 0 Å². The van der Waals surface area contributed by atoms with Crippen molar-refractivity contribution in [2.24, 2.45) is 0 Å². The Morgan fingerprint density at radius 2 is 1.89 bits per heavy atom. The zero-order valence-electron chi connectivity index (χ0n) is 19.5. The standard InChI is InChI=1S/C24H27Cl2N3O6/c1-15(24(31)27-17-5-3-4-6-17)28(13-16-7-9-19(25)20(26)11-16)23(30)14-35-18-8-10-21(29(32)33)22(12-18)34-2/h7-12,15,17H,3-6,13-14H2,1-2H3,(H,27,31)/t15-/m1/s1. The Balaban J connectivity index is 1.76. The van der Waals surface area contributed by atoms with Gasteiger partial charge in [-0.05, 0) is 43.5 Å². The van der Waals surface area contributed by atoms with E-state index < -0.39 is 16.9 Å². The van der Waals surface area contributed by atoms with Crippen molar-refractivity contribution in [3.8, 4) is 11.5 Å². The molecule has 1 aliphatic rings. The van der Waals surface area contributed by atoms with Crippen LogP contribution in [-0.2, 0) is 16.1 Å². The van der Waals surface area contributed by atoms with Crippen molar-refractivity contribution in [2.75, 3.05) is 13.7 Å². The zero-order valence-corrected chi connectivity index (χ0v) is 21.0. The molecule has 3 rings (SSSR count). The summed E-state index contributed by atoms with van der Waals surface area (Å²) < 4.78 is 10.6. The van der Waals surface area contributed by atoms with Crippen LogP contribution in [0.25, 0.3) is 0 Å². The van der Waals surface area contributed by atoms with E-state index in [1.807, 2.05) is 0 Å². The minimum absolute atomic E-state index is 0.0110. The first-order chi connectivity index (χ1) is 16.7. The summed E-state index contributed by atoms with van der Waals surface area (Å²) in [6.07, 6.45) is 3.98. The van der Waals surface area contributed by atoms with Crippen LogP contribution in [0, 0.1) is 10.1 Å². The molecule has 0 spiro atoms. The molecule has 1 fully saturated rings. The van der Waals surface area contributed by atoms with Crippen molar-refractivity contribution >= 4 is 40.7 Å². The third-order valence-corrected chi connectivity index (χ3v) is 6.66. The zero-order chi connectivity index (χ0) is 25.5. The third kappa shape index (κ3) is 6.99. The fourth-order valence-corrected chi connectivity index (χ4v) is 4.26. The Morgan fingerprint density at radius 1 is 1.17 bits per heavy atom. The van der Waals surface area contributed by atoms with E-state index in [9.17, 15) is 19.7 Å². The van der Waals surface area contributed by atoms with Gasteiger partial charge >= 0.3 is 5.69 Å². The predicted molar refractivity (Wildman–Crippen MR) is 132 cm³/mol. The van der Waals surface area contributed by atoms with Crippen LogP contribution >= 0.6 is 23.2 Å². The SMILES string of the molecule is COc1cc(OCC(=O)N(Cc2ccc(Cl)c(Cl)c2)[C@H](C)C(=O)NC2CCCC2)ccc1[N+](=O)[O-]. The molecule has 2 aromatic rings. The van der Waals surface area contributed by atoms with E-state index in [0.717, 1.165) is 25.7 Å². The van der Waals surface area contributed by atoms with Crippen LogP contribution in [0.15, 0.2) is 36.4 Å². The highest BCUT2D eigenvalue weighted by Gasteiger charge is 2.29. The Hall–Kier alpha value is -3.04. The lowest BCUT2D eigenvalue weighted by Gasteiger charge is -2.29. The third-order valence-electron chi connectivity index (χ3n) is 5.92. The average Bonchev–Trinajstić information content (AvgIpc) is 3.35. The van der Waals surface area contributed by atoms with E-state index in [1.165, 1.54) is 30.2 Å². The van der Waals surface area contributed by atoms with Crippen LogP contribution < -0.4 is 14.8 Å². The molecule has 2 aromatic carbocycles. The number of carbonyl (C=O) groups is 2. The number of nitrogens with one attached hydrogen (secondary N) is 1. The maximum Gasteiger partial charge on any atom is 0.311 e. The molecule has 0 aliphatic heterocycles. The van der Waals surface area contributed by atoms with Crippen LogP contribution in [0.3, 0.4) is 0 Å². The second-order valence-corrected chi connectivity index (χ2v) is 9.13. The molecule has 0 aromatic heterocycles. The first kappa shape index (κ1) is 26.6. The quantitative estimate of drug-likeness (QED) is 0.354. The van der Waals surface area contributed by atoms with E-state index in [2.05, 4.69) is 5.32 Å². The summed E-state index contributed by atoms with van der Waals surface area (Å²) in [5, 5.41) is 14.8. The number of nitro groups is 1. The van der Waals surface area contributed by atoms with Crippen molar-refractivity contribution in [3.63, 3.8) is 0 Å². The molecule has 1 aliphatic carbocycles. The molecule has 188 valence electrons. The van der Waals surface area contributed by atoms with Gasteiger partial charge in [0.05, 0.1) is 22.1 Å². The number of amides is 2. The van der Waals surface area contributed by atoms with Gasteiger partial charge in [0, 0.05) is 24.7 Å². The smallest absolute Gasteiger partial charge is 0.311 e. The number of nitrogens with zero attached hydrogens (tertiary/aromatic N) is 2. The molecule has 11 heteroatoms. The first-order valence-electron chi connectivity index (χ1n) is 11.2. The lowest BCUT2D eigenvalue weighted by atomic mass is 10.1. The minimum Gasteiger partial charge on any atom is -0.490 e. The topological polar surface area (TPSA) is 111 Å². The summed E-state index contributed by atoms with van der Waals surface area (Å²) in [7, 11) is 1.31. The molecule has 35 heavy (non-hydrogen) atoms. The molecule has 9 nitrogen and oxygen atoms in total. The van der Waals surface area contributed by atoms with Gasteiger partial charge in [-0.15, -0.1) is 0 Å². The molecule has 0 radical (unpaired) electrons. The van der Waals surface area contributed by atoms with Gasteiger partial charge in [0.25, 0.3) is 5.91 Å². The summed E-state index contributed by atoms with van der Waals surface area (Å²) in [6.45, 7) is 1.39. The summed E-state index contributed by atoms with van der Waals surface area (Å²) >= 11 is 12.1. The fraction of sp³-hybridized carbons (Fsp3) is 0.417. The van der Waals surface area contributed by atoms with E-state index in [-0.39, 0.29) is 42.3 Å². The molecule has 2 amide bonds. The lowest BCUT2D eigenvalue weighted by Crippen LogP contribution is -2.50. The molecule has 1 N–H and O–H groups in total. The summed E-state index contributed by atoms with van der Waals surface area (Å²) in [6, 6.07) is 8.31. The van der Waals surface area contributed by atoms with Gasteiger partial charge in [-0.1, -0.05) is 42.1 Å². The summed E-state index contributed by atoms with van der Waals surface area (Å²) in [5.74, 6) is -0.458. The van der Waals surface area contributed by atoms with Crippen LogP contribution in [0.4, 0.5) is 5.69 Å². The molecule has 1 atom stereocenters. The highest BCUT2D eigenvalue weighted by Crippen LogP contribution is 2.31. The van der Waals surface area contributed by atoms with Crippen LogP contribution in [0.5, 0.6) is 11.5 Å². The largest absolute Gasteiger partial charge is 0.490 e. The molecule has 0 heterocycles. The van der Waals surface area contributed by atoms with Gasteiger partial charge in [-0.25, -0.2) is 0 Å². The second-order valence-electron chi connectivity index (χ2n) is 8.32.